The van der Waals surface area contributed by atoms with Crippen LogP contribution in [0.2, 0.25) is 0 Å². The van der Waals surface area contributed by atoms with Gasteiger partial charge in [-0.2, -0.15) is 0 Å². The Kier molecular flexibility index (Phi) is 3.10. The highest BCUT2D eigenvalue weighted by molar-refractivity contribution is 6.07. The SMILES string of the molecule is Cc1ccccc1-c1cc2ccccc2c(O)c1C(=O)O. The number of hydrogen-bond donors (Lipinski definition) is 2. The van der Waals surface area contributed by atoms with E-state index in [-0.39, 0.29) is 11.3 Å². The van der Waals surface area contributed by atoms with E-state index in [1.54, 1.807) is 12.1 Å². The molecule has 0 aliphatic rings. The zero-order chi connectivity index (χ0) is 15.0. The van der Waals surface area contributed by atoms with Gasteiger partial charge in [0.1, 0.15) is 11.3 Å². The zero-order valence-corrected chi connectivity index (χ0v) is 11.5. The lowest BCUT2D eigenvalue weighted by atomic mass is 9.92. The van der Waals surface area contributed by atoms with Crippen molar-refractivity contribution in [2.24, 2.45) is 0 Å². The second-order valence-corrected chi connectivity index (χ2v) is 4.99. The summed E-state index contributed by atoms with van der Waals surface area (Å²) >= 11 is 0. The normalized spacial score (nSPS) is 10.7. The van der Waals surface area contributed by atoms with Crippen molar-refractivity contribution in [2.75, 3.05) is 0 Å². The summed E-state index contributed by atoms with van der Waals surface area (Å²) in [5.74, 6) is -1.31. The van der Waals surface area contributed by atoms with Crippen LogP contribution in [0.1, 0.15) is 15.9 Å². The molecule has 0 spiro atoms. The van der Waals surface area contributed by atoms with Gasteiger partial charge in [-0.25, -0.2) is 4.79 Å². The molecule has 3 aromatic carbocycles. The molecule has 0 fully saturated rings. The van der Waals surface area contributed by atoms with Gasteiger partial charge in [0.15, 0.2) is 0 Å². The van der Waals surface area contributed by atoms with Crippen molar-refractivity contribution >= 4 is 16.7 Å². The largest absolute Gasteiger partial charge is 0.506 e. The number of carboxylic acids is 1. The minimum atomic E-state index is -1.13. The summed E-state index contributed by atoms with van der Waals surface area (Å²) in [5.41, 5.74) is 2.27. The topological polar surface area (TPSA) is 57.5 Å². The molecule has 2 N–H and O–H groups in total. The van der Waals surface area contributed by atoms with Crippen molar-refractivity contribution in [1.82, 2.24) is 0 Å². The Hall–Kier alpha value is -2.81. The van der Waals surface area contributed by atoms with Crippen LogP contribution < -0.4 is 0 Å². The fourth-order valence-corrected chi connectivity index (χ4v) is 2.63. The molecule has 3 heteroatoms. The van der Waals surface area contributed by atoms with Crippen LogP contribution in [0.4, 0.5) is 0 Å². The fourth-order valence-electron chi connectivity index (χ4n) is 2.63. The van der Waals surface area contributed by atoms with E-state index in [4.69, 9.17) is 0 Å². The van der Waals surface area contributed by atoms with E-state index in [1.807, 2.05) is 49.4 Å². The molecule has 104 valence electrons. The number of phenols is 1. The molecule has 3 rings (SSSR count). The van der Waals surface area contributed by atoms with Gasteiger partial charge in [-0.3, -0.25) is 0 Å². The first kappa shape index (κ1) is 13.2. The fraction of sp³-hybridized carbons (Fsp3) is 0.0556. The predicted molar refractivity (Wildman–Crippen MR) is 82.7 cm³/mol. The Morgan fingerprint density at radius 3 is 2.33 bits per heavy atom. The number of rotatable bonds is 2. The molecule has 0 unspecified atom stereocenters. The maximum atomic E-state index is 11.6. The van der Waals surface area contributed by atoms with Gasteiger partial charge >= 0.3 is 5.97 Å². The molecule has 3 aromatic rings. The summed E-state index contributed by atoms with van der Waals surface area (Å²) in [7, 11) is 0. The summed E-state index contributed by atoms with van der Waals surface area (Å²) in [5, 5.41) is 21.2. The summed E-state index contributed by atoms with van der Waals surface area (Å²) in [6, 6.07) is 16.6. The number of carboxylic acid groups (broad SMARTS) is 1. The van der Waals surface area contributed by atoms with Gasteiger partial charge < -0.3 is 10.2 Å². The highest BCUT2D eigenvalue weighted by Gasteiger charge is 2.20. The highest BCUT2D eigenvalue weighted by Crippen LogP contribution is 2.38. The van der Waals surface area contributed by atoms with E-state index in [2.05, 4.69) is 0 Å². The van der Waals surface area contributed by atoms with Crippen molar-refractivity contribution in [3.63, 3.8) is 0 Å². The third-order valence-electron chi connectivity index (χ3n) is 3.67. The van der Waals surface area contributed by atoms with E-state index in [1.165, 1.54) is 0 Å². The van der Waals surface area contributed by atoms with E-state index in [0.29, 0.717) is 10.9 Å². The van der Waals surface area contributed by atoms with Gasteiger partial charge in [0.25, 0.3) is 0 Å². The van der Waals surface area contributed by atoms with Crippen LogP contribution in [0.5, 0.6) is 5.75 Å². The Bertz CT molecular complexity index is 850. The third kappa shape index (κ3) is 2.13. The summed E-state index contributed by atoms with van der Waals surface area (Å²) in [4.78, 5) is 11.6. The monoisotopic (exact) mass is 278 g/mol. The summed E-state index contributed by atoms with van der Waals surface area (Å²) < 4.78 is 0. The minimum Gasteiger partial charge on any atom is -0.506 e. The van der Waals surface area contributed by atoms with E-state index >= 15 is 0 Å². The smallest absolute Gasteiger partial charge is 0.340 e. The molecule has 0 radical (unpaired) electrons. The van der Waals surface area contributed by atoms with Crippen LogP contribution in [0.3, 0.4) is 0 Å². The Balaban J connectivity index is 2.44. The Morgan fingerprint density at radius 1 is 0.952 bits per heavy atom. The second-order valence-electron chi connectivity index (χ2n) is 4.99. The quantitative estimate of drug-likeness (QED) is 0.738. The predicted octanol–water partition coefficient (Wildman–Crippen LogP) is 4.22. The number of fused-ring (bicyclic) bond motifs is 1. The number of aryl methyl sites for hydroxylation is 1. The van der Waals surface area contributed by atoms with Crippen molar-refractivity contribution in [2.45, 2.75) is 6.92 Å². The van der Waals surface area contributed by atoms with Gasteiger partial charge in [-0.1, -0.05) is 48.5 Å². The lowest BCUT2D eigenvalue weighted by Crippen LogP contribution is -2.01. The number of aromatic hydroxyl groups is 1. The van der Waals surface area contributed by atoms with Crippen LogP contribution in [0.25, 0.3) is 21.9 Å². The first-order chi connectivity index (χ1) is 10.1. The average molecular weight is 278 g/mol. The maximum Gasteiger partial charge on any atom is 0.340 e. The molecule has 3 nitrogen and oxygen atoms in total. The maximum absolute atomic E-state index is 11.6. The highest BCUT2D eigenvalue weighted by atomic mass is 16.4. The van der Waals surface area contributed by atoms with Crippen molar-refractivity contribution in [1.29, 1.82) is 0 Å². The summed E-state index contributed by atoms with van der Waals surface area (Å²) in [6.07, 6.45) is 0. The Morgan fingerprint density at radius 2 is 1.62 bits per heavy atom. The van der Waals surface area contributed by atoms with E-state index < -0.39 is 5.97 Å². The molecule has 0 saturated heterocycles. The van der Waals surface area contributed by atoms with Crippen molar-refractivity contribution < 1.29 is 15.0 Å². The molecule has 0 heterocycles. The van der Waals surface area contributed by atoms with Crippen LogP contribution in [-0.4, -0.2) is 16.2 Å². The molecule has 0 saturated carbocycles. The first-order valence-corrected chi connectivity index (χ1v) is 6.63. The van der Waals surface area contributed by atoms with Gasteiger partial charge in [0, 0.05) is 10.9 Å². The lowest BCUT2D eigenvalue weighted by molar-refractivity contribution is 0.0695. The van der Waals surface area contributed by atoms with Gasteiger partial charge in [0.2, 0.25) is 0 Å². The van der Waals surface area contributed by atoms with Crippen LogP contribution in [-0.2, 0) is 0 Å². The second kappa shape index (κ2) is 4.94. The minimum absolute atomic E-state index is 0.0528. The van der Waals surface area contributed by atoms with Crippen molar-refractivity contribution in [3.05, 3.63) is 65.7 Å². The van der Waals surface area contributed by atoms with Crippen LogP contribution in [0, 0.1) is 6.92 Å². The molecule has 21 heavy (non-hydrogen) atoms. The number of hydrogen-bond acceptors (Lipinski definition) is 2. The molecule has 0 bridgehead atoms. The molecular weight excluding hydrogens is 264 g/mol. The van der Waals surface area contributed by atoms with Gasteiger partial charge in [0.05, 0.1) is 0 Å². The zero-order valence-electron chi connectivity index (χ0n) is 11.5. The standard InChI is InChI=1S/C18H14O3/c1-11-6-2-4-8-13(11)15-10-12-7-3-5-9-14(12)17(19)16(15)18(20)21/h2-10,19H,1H3,(H,20,21). The van der Waals surface area contributed by atoms with Crippen LogP contribution >= 0.6 is 0 Å². The molecule has 0 aliphatic heterocycles. The number of carbonyl (C=O) groups is 1. The molecule has 0 aliphatic carbocycles. The molecular formula is C18H14O3. The third-order valence-corrected chi connectivity index (χ3v) is 3.67. The number of benzene rings is 3. The average Bonchev–Trinajstić information content (AvgIpc) is 2.47. The Labute approximate surface area is 122 Å². The molecule has 0 aromatic heterocycles. The van der Waals surface area contributed by atoms with Crippen molar-refractivity contribution in [3.8, 4) is 16.9 Å². The lowest BCUT2D eigenvalue weighted by Gasteiger charge is -2.13. The number of aromatic carboxylic acids is 1. The van der Waals surface area contributed by atoms with E-state index in [9.17, 15) is 15.0 Å². The first-order valence-electron chi connectivity index (χ1n) is 6.63. The molecule has 0 atom stereocenters. The van der Waals surface area contributed by atoms with Gasteiger partial charge in [-0.15, -0.1) is 0 Å². The van der Waals surface area contributed by atoms with Gasteiger partial charge in [-0.05, 0) is 29.5 Å². The van der Waals surface area contributed by atoms with E-state index in [0.717, 1.165) is 16.5 Å². The molecule has 0 amide bonds. The summed E-state index contributed by atoms with van der Waals surface area (Å²) in [6.45, 7) is 1.92. The van der Waals surface area contributed by atoms with Crippen LogP contribution in [0.15, 0.2) is 54.6 Å².